The topological polar surface area (TPSA) is 47.7 Å². The van der Waals surface area contributed by atoms with Gasteiger partial charge in [-0.25, -0.2) is 4.98 Å². The lowest BCUT2D eigenvalue weighted by Crippen LogP contribution is -2.11. The van der Waals surface area contributed by atoms with Gasteiger partial charge in [0.2, 0.25) is 0 Å². The third-order valence-corrected chi connectivity index (χ3v) is 3.52. The van der Waals surface area contributed by atoms with E-state index in [0.717, 1.165) is 18.9 Å². The molecule has 0 spiro atoms. The van der Waals surface area contributed by atoms with Crippen LogP contribution in [0.4, 0.5) is 0 Å². The van der Waals surface area contributed by atoms with Crippen molar-refractivity contribution in [3.8, 4) is 5.82 Å². The molecule has 1 aliphatic heterocycles. The molecule has 1 atom stereocenters. The molecule has 0 radical (unpaired) electrons. The van der Waals surface area contributed by atoms with E-state index in [0.29, 0.717) is 12.0 Å². The molecule has 1 saturated heterocycles. The Morgan fingerprint density at radius 1 is 1.44 bits per heavy atom. The van der Waals surface area contributed by atoms with Crippen LogP contribution in [0.2, 0.25) is 0 Å². The molecule has 96 valence electrons. The Bertz CT molecular complexity index is 519. The maximum Gasteiger partial charge on any atom is 0.160 e. The van der Waals surface area contributed by atoms with Crippen molar-refractivity contribution in [1.29, 1.82) is 0 Å². The highest BCUT2D eigenvalue weighted by molar-refractivity contribution is 5.26. The van der Waals surface area contributed by atoms with Gasteiger partial charge in [0.1, 0.15) is 6.33 Å². The summed E-state index contributed by atoms with van der Waals surface area (Å²) in [7, 11) is 0. The fourth-order valence-electron chi connectivity index (χ4n) is 2.45. The normalized spacial score (nSPS) is 19.8. The molecular formula is C13H19N5. The molecule has 0 saturated carbocycles. The highest BCUT2D eigenvalue weighted by Gasteiger charge is 2.21. The first-order valence-electron chi connectivity index (χ1n) is 6.54. The second-order valence-corrected chi connectivity index (χ2v) is 5.13. The van der Waals surface area contributed by atoms with Gasteiger partial charge in [-0.2, -0.15) is 5.10 Å². The minimum Gasteiger partial charge on any atom is -0.316 e. The molecule has 5 nitrogen and oxygen atoms in total. The maximum atomic E-state index is 4.60. The van der Waals surface area contributed by atoms with E-state index in [1.54, 1.807) is 0 Å². The zero-order valence-electron chi connectivity index (χ0n) is 10.9. The van der Waals surface area contributed by atoms with Gasteiger partial charge in [0, 0.05) is 42.7 Å². The number of rotatable bonds is 3. The second-order valence-electron chi connectivity index (χ2n) is 5.13. The lowest BCUT2D eigenvalue weighted by Gasteiger charge is -2.10. The van der Waals surface area contributed by atoms with Crippen LogP contribution < -0.4 is 5.32 Å². The summed E-state index contributed by atoms with van der Waals surface area (Å²) in [5, 5.41) is 8.00. The van der Waals surface area contributed by atoms with Crippen molar-refractivity contribution in [2.45, 2.75) is 32.2 Å². The summed E-state index contributed by atoms with van der Waals surface area (Å²) in [6, 6.07) is 2.44. The average molecular weight is 245 g/mol. The molecule has 2 aromatic heterocycles. The first-order valence-corrected chi connectivity index (χ1v) is 6.54. The van der Waals surface area contributed by atoms with Crippen LogP contribution >= 0.6 is 0 Å². The van der Waals surface area contributed by atoms with E-state index in [2.05, 4.69) is 33.8 Å². The summed E-state index contributed by atoms with van der Waals surface area (Å²) in [5.74, 6) is 1.51. The molecule has 5 heteroatoms. The zero-order chi connectivity index (χ0) is 12.5. The highest BCUT2D eigenvalue weighted by Crippen LogP contribution is 2.24. The molecule has 1 aliphatic rings. The van der Waals surface area contributed by atoms with Crippen molar-refractivity contribution in [3.63, 3.8) is 0 Å². The molecule has 18 heavy (non-hydrogen) atoms. The summed E-state index contributed by atoms with van der Waals surface area (Å²) in [6.45, 7) is 6.39. The molecule has 1 unspecified atom stereocenters. The van der Waals surface area contributed by atoms with E-state index in [1.807, 2.05) is 29.5 Å². The Hall–Kier alpha value is -1.62. The van der Waals surface area contributed by atoms with Gasteiger partial charge in [-0.15, -0.1) is 0 Å². The van der Waals surface area contributed by atoms with Gasteiger partial charge in [-0.1, -0.05) is 0 Å². The average Bonchev–Trinajstić information content (AvgIpc) is 3.10. The number of hydrogen-bond donors (Lipinski definition) is 1. The fraction of sp³-hybridized carbons (Fsp3) is 0.538. The van der Waals surface area contributed by atoms with Gasteiger partial charge < -0.3 is 5.32 Å². The summed E-state index contributed by atoms with van der Waals surface area (Å²) >= 11 is 0. The van der Waals surface area contributed by atoms with Crippen LogP contribution in [0.1, 0.15) is 37.9 Å². The van der Waals surface area contributed by atoms with Crippen molar-refractivity contribution in [2.24, 2.45) is 0 Å². The predicted molar refractivity (Wildman–Crippen MR) is 70.0 cm³/mol. The van der Waals surface area contributed by atoms with E-state index in [-0.39, 0.29) is 0 Å². The largest absolute Gasteiger partial charge is 0.316 e. The Morgan fingerprint density at radius 3 is 3.00 bits per heavy atom. The Morgan fingerprint density at radius 2 is 2.33 bits per heavy atom. The van der Waals surface area contributed by atoms with Crippen molar-refractivity contribution in [3.05, 3.63) is 30.5 Å². The number of imidazole rings is 1. The Balaban J connectivity index is 1.93. The molecule has 0 amide bonds. The summed E-state index contributed by atoms with van der Waals surface area (Å²) < 4.78 is 4.09. The minimum absolute atomic E-state index is 0.388. The molecular weight excluding hydrogens is 226 g/mol. The minimum atomic E-state index is 0.388. The Kier molecular flexibility index (Phi) is 2.91. The monoisotopic (exact) mass is 245 g/mol. The molecule has 1 fully saturated rings. The number of hydrogen-bond acceptors (Lipinski definition) is 3. The Labute approximate surface area is 107 Å². The van der Waals surface area contributed by atoms with Crippen molar-refractivity contribution >= 4 is 0 Å². The lowest BCUT2D eigenvalue weighted by molar-refractivity contribution is 0.528. The van der Waals surface area contributed by atoms with Crippen LogP contribution in [0.25, 0.3) is 5.82 Å². The van der Waals surface area contributed by atoms with Crippen LogP contribution in [0.15, 0.2) is 24.8 Å². The van der Waals surface area contributed by atoms with Gasteiger partial charge in [0.15, 0.2) is 5.82 Å². The smallest absolute Gasteiger partial charge is 0.160 e. The summed E-state index contributed by atoms with van der Waals surface area (Å²) in [4.78, 5) is 4.28. The predicted octanol–water partition coefficient (Wildman–Crippen LogP) is 1.73. The lowest BCUT2D eigenvalue weighted by atomic mass is 10.1. The van der Waals surface area contributed by atoms with Crippen molar-refractivity contribution in [2.75, 3.05) is 13.1 Å². The van der Waals surface area contributed by atoms with E-state index in [9.17, 15) is 0 Å². The third-order valence-electron chi connectivity index (χ3n) is 3.52. The summed E-state index contributed by atoms with van der Waals surface area (Å²) in [5.41, 5.74) is 1.26. The molecule has 0 bridgehead atoms. The maximum absolute atomic E-state index is 4.60. The van der Waals surface area contributed by atoms with Crippen LogP contribution in [0.3, 0.4) is 0 Å². The fourth-order valence-corrected chi connectivity index (χ4v) is 2.45. The first kappa shape index (κ1) is 11.5. The van der Waals surface area contributed by atoms with Crippen molar-refractivity contribution < 1.29 is 0 Å². The van der Waals surface area contributed by atoms with Gasteiger partial charge >= 0.3 is 0 Å². The van der Waals surface area contributed by atoms with Gasteiger partial charge in [-0.05, 0) is 26.8 Å². The van der Waals surface area contributed by atoms with Crippen LogP contribution in [-0.2, 0) is 0 Å². The standard InChI is InChI=1S/C13H19N5/c1-10(2)18-6-4-13(16-18)17-9-15-8-12(17)11-3-5-14-7-11/h4,6,8-11,14H,3,5,7H2,1-2H3. The molecule has 1 N–H and O–H groups in total. The van der Waals surface area contributed by atoms with Gasteiger partial charge in [-0.3, -0.25) is 9.25 Å². The molecule has 0 aliphatic carbocycles. The second kappa shape index (κ2) is 4.57. The van der Waals surface area contributed by atoms with Crippen LogP contribution in [0.5, 0.6) is 0 Å². The first-order chi connectivity index (χ1) is 8.75. The zero-order valence-corrected chi connectivity index (χ0v) is 10.9. The van der Waals surface area contributed by atoms with E-state index < -0.39 is 0 Å². The van der Waals surface area contributed by atoms with Crippen LogP contribution in [-0.4, -0.2) is 32.4 Å². The van der Waals surface area contributed by atoms with E-state index in [4.69, 9.17) is 0 Å². The number of nitrogens with zero attached hydrogens (tertiary/aromatic N) is 4. The number of aromatic nitrogens is 4. The molecule has 3 rings (SSSR count). The van der Waals surface area contributed by atoms with E-state index >= 15 is 0 Å². The van der Waals surface area contributed by atoms with Crippen LogP contribution in [0, 0.1) is 0 Å². The highest BCUT2D eigenvalue weighted by atomic mass is 15.3. The molecule has 2 aromatic rings. The van der Waals surface area contributed by atoms with Crippen molar-refractivity contribution in [1.82, 2.24) is 24.6 Å². The van der Waals surface area contributed by atoms with Gasteiger partial charge in [0.25, 0.3) is 0 Å². The van der Waals surface area contributed by atoms with E-state index in [1.165, 1.54) is 12.1 Å². The number of nitrogens with one attached hydrogen (secondary N) is 1. The summed E-state index contributed by atoms with van der Waals surface area (Å²) in [6.07, 6.45) is 7.03. The molecule has 3 heterocycles. The van der Waals surface area contributed by atoms with Gasteiger partial charge in [0.05, 0.1) is 0 Å². The SMILES string of the molecule is CC(C)n1ccc(-n2cncc2C2CCNC2)n1. The quantitative estimate of drug-likeness (QED) is 0.895. The molecule has 0 aromatic carbocycles. The third kappa shape index (κ3) is 1.95.